The number of rotatable bonds is 20. The third-order valence-corrected chi connectivity index (χ3v) is 6.66. The largest absolute Gasteiger partial charge is 0.497 e. The van der Waals surface area contributed by atoms with Gasteiger partial charge in [-0.05, 0) is 24.1 Å². The first-order chi connectivity index (χ1) is 15.9. The number of likely N-dealkylation sites (N-methyl/N-ethyl adjacent to an activating group) is 1. The summed E-state index contributed by atoms with van der Waals surface area (Å²) in [5.74, 6) is 1.01. The molecular weight excluding hydrogens is 408 g/mol. The van der Waals surface area contributed by atoms with E-state index in [1.54, 1.807) is 7.11 Å². The van der Waals surface area contributed by atoms with Crippen LogP contribution in [-0.4, -0.2) is 51.2 Å². The third kappa shape index (κ3) is 14.3. The van der Waals surface area contributed by atoms with Gasteiger partial charge in [-0.15, -0.1) is 0 Å². The Balaban J connectivity index is 2.11. The van der Waals surface area contributed by atoms with Crippen molar-refractivity contribution in [3.8, 4) is 5.75 Å². The number of methoxy groups -OCH3 is 1. The second-order valence-electron chi connectivity index (χ2n) is 10.6. The molecule has 190 valence electrons. The molecule has 0 unspecified atom stereocenters. The molecule has 1 atom stereocenters. The van der Waals surface area contributed by atoms with Crippen LogP contribution >= 0.6 is 0 Å². The van der Waals surface area contributed by atoms with Crippen molar-refractivity contribution in [2.45, 2.75) is 109 Å². The maximum Gasteiger partial charge on any atom is 0.278 e. The number of quaternary nitrogens is 1. The Morgan fingerprint density at radius 2 is 1.24 bits per heavy atom. The van der Waals surface area contributed by atoms with Gasteiger partial charge < -0.3 is 14.5 Å². The van der Waals surface area contributed by atoms with Crippen molar-refractivity contribution in [2.24, 2.45) is 0 Å². The van der Waals surface area contributed by atoms with E-state index in [4.69, 9.17) is 4.74 Å². The molecule has 1 rings (SSSR count). The van der Waals surface area contributed by atoms with E-state index in [9.17, 15) is 4.79 Å². The highest BCUT2D eigenvalue weighted by molar-refractivity contribution is 5.81. The maximum absolute atomic E-state index is 12.9. The van der Waals surface area contributed by atoms with E-state index in [1.807, 2.05) is 12.1 Å². The lowest BCUT2D eigenvalue weighted by Crippen LogP contribution is -2.55. The lowest BCUT2D eigenvalue weighted by atomic mass is 10.0. The van der Waals surface area contributed by atoms with Gasteiger partial charge in [0.15, 0.2) is 6.04 Å². The van der Waals surface area contributed by atoms with Crippen LogP contribution in [0.4, 0.5) is 0 Å². The second kappa shape index (κ2) is 17.9. The molecular formula is C29H53N2O2+. The molecule has 0 spiro atoms. The van der Waals surface area contributed by atoms with E-state index >= 15 is 0 Å². The molecule has 0 aliphatic rings. The van der Waals surface area contributed by atoms with Crippen LogP contribution in [0.3, 0.4) is 0 Å². The zero-order valence-corrected chi connectivity index (χ0v) is 22.5. The Labute approximate surface area is 205 Å². The Morgan fingerprint density at radius 3 is 1.67 bits per heavy atom. The van der Waals surface area contributed by atoms with Crippen LogP contribution in [-0.2, 0) is 11.2 Å². The van der Waals surface area contributed by atoms with E-state index < -0.39 is 0 Å². The fourth-order valence-electron chi connectivity index (χ4n) is 4.35. The van der Waals surface area contributed by atoms with Crippen molar-refractivity contribution in [2.75, 3.05) is 34.8 Å². The molecule has 0 bridgehead atoms. The Bertz CT molecular complexity index is 607. The molecule has 0 fully saturated rings. The van der Waals surface area contributed by atoms with Crippen molar-refractivity contribution in [3.63, 3.8) is 0 Å². The Morgan fingerprint density at radius 1 is 0.788 bits per heavy atom. The second-order valence-corrected chi connectivity index (χ2v) is 10.6. The van der Waals surface area contributed by atoms with Crippen molar-refractivity contribution in [3.05, 3.63) is 29.8 Å². The van der Waals surface area contributed by atoms with E-state index in [0.29, 0.717) is 4.48 Å². The molecule has 0 radical (unpaired) electrons. The van der Waals surface area contributed by atoms with Gasteiger partial charge in [0.2, 0.25) is 0 Å². The minimum absolute atomic E-state index is 0.0926. The summed E-state index contributed by atoms with van der Waals surface area (Å²) in [7, 11) is 7.97. The van der Waals surface area contributed by atoms with Crippen molar-refractivity contribution in [1.82, 2.24) is 5.32 Å². The zero-order valence-electron chi connectivity index (χ0n) is 22.5. The van der Waals surface area contributed by atoms with Gasteiger partial charge in [0.05, 0.1) is 28.3 Å². The van der Waals surface area contributed by atoms with Gasteiger partial charge >= 0.3 is 0 Å². The molecule has 0 heterocycles. The number of benzene rings is 1. The summed E-state index contributed by atoms with van der Waals surface area (Å²) in [6.45, 7) is 3.07. The van der Waals surface area contributed by atoms with Crippen LogP contribution in [0.15, 0.2) is 24.3 Å². The monoisotopic (exact) mass is 461 g/mol. The van der Waals surface area contributed by atoms with E-state index in [-0.39, 0.29) is 11.9 Å². The third-order valence-electron chi connectivity index (χ3n) is 6.66. The smallest absolute Gasteiger partial charge is 0.278 e. The number of nitrogens with one attached hydrogen (secondary N) is 1. The highest BCUT2D eigenvalue weighted by atomic mass is 16.5. The lowest BCUT2D eigenvalue weighted by Gasteiger charge is -2.33. The number of hydrogen-bond acceptors (Lipinski definition) is 2. The number of carbonyl (C=O) groups excluding carboxylic acids is 1. The van der Waals surface area contributed by atoms with Gasteiger partial charge in [-0.3, -0.25) is 4.79 Å². The number of carbonyl (C=O) groups is 1. The summed E-state index contributed by atoms with van der Waals surface area (Å²) < 4.78 is 5.86. The zero-order chi connectivity index (χ0) is 24.4. The van der Waals surface area contributed by atoms with E-state index in [1.165, 1.54) is 89.0 Å². The van der Waals surface area contributed by atoms with Crippen molar-refractivity contribution < 1.29 is 14.0 Å². The molecule has 0 aliphatic heterocycles. The molecule has 0 saturated carbocycles. The number of unbranched alkanes of at least 4 members (excludes halogenated alkanes) is 13. The number of ether oxygens (including phenoxy) is 1. The summed E-state index contributed by atoms with van der Waals surface area (Å²) in [6.07, 6.45) is 19.7. The van der Waals surface area contributed by atoms with Crippen LogP contribution in [0, 0.1) is 0 Å². The van der Waals surface area contributed by atoms with Crippen LogP contribution in [0.25, 0.3) is 0 Å². The first-order valence-corrected chi connectivity index (χ1v) is 13.6. The van der Waals surface area contributed by atoms with Crippen molar-refractivity contribution >= 4 is 5.91 Å². The minimum atomic E-state index is -0.0926. The van der Waals surface area contributed by atoms with Crippen LogP contribution in [0.5, 0.6) is 5.75 Å². The highest BCUT2D eigenvalue weighted by Crippen LogP contribution is 2.17. The lowest BCUT2D eigenvalue weighted by molar-refractivity contribution is -0.886. The topological polar surface area (TPSA) is 38.3 Å². The maximum atomic E-state index is 12.9. The average Bonchev–Trinajstić information content (AvgIpc) is 2.79. The predicted molar refractivity (Wildman–Crippen MR) is 142 cm³/mol. The molecule has 33 heavy (non-hydrogen) atoms. The predicted octanol–water partition coefficient (Wildman–Crippen LogP) is 6.91. The van der Waals surface area contributed by atoms with Gasteiger partial charge in [-0.1, -0.05) is 103 Å². The fraction of sp³-hybridized carbons (Fsp3) is 0.759. The van der Waals surface area contributed by atoms with Crippen molar-refractivity contribution in [1.29, 1.82) is 0 Å². The van der Waals surface area contributed by atoms with Crippen LogP contribution in [0.2, 0.25) is 0 Å². The van der Waals surface area contributed by atoms with Gasteiger partial charge in [-0.2, -0.15) is 0 Å². The van der Waals surface area contributed by atoms with Gasteiger partial charge in [0.25, 0.3) is 5.91 Å². The summed E-state index contributed by atoms with van der Waals surface area (Å²) in [6, 6.07) is 7.96. The first-order valence-electron chi connectivity index (χ1n) is 13.6. The summed E-state index contributed by atoms with van der Waals surface area (Å²) in [5.41, 5.74) is 1.17. The highest BCUT2D eigenvalue weighted by Gasteiger charge is 2.31. The van der Waals surface area contributed by atoms with Gasteiger partial charge in [0.1, 0.15) is 5.75 Å². The van der Waals surface area contributed by atoms with E-state index in [2.05, 4.69) is 45.5 Å². The number of nitrogens with zero attached hydrogens (tertiary/aromatic N) is 1. The molecule has 1 N–H and O–H groups in total. The number of amides is 1. The summed E-state index contributed by atoms with van der Waals surface area (Å²) in [5, 5.41) is 3.20. The molecule has 0 saturated heterocycles. The molecule has 0 aliphatic carbocycles. The Kier molecular flexibility index (Phi) is 16.0. The first kappa shape index (κ1) is 29.5. The normalized spacial score (nSPS) is 12.5. The summed E-state index contributed by atoms with van der Waals surface area (Å²) >= 11 is 0. The average molecular weight is 462 g/mol. The molecule has 1 aromatic carbocycles. The quantitative estimate of drug-likeness (QED) is 0.169. The van der Waals surface area contributed by atoms with Crippen LogP contribution in [0.1, 0.15) is 102 Å². The SMILES string of the molecule is CCCCCCCCCCCCCCCCNC(=O)[C@H](Cc1ccc(OC)cc1)[N+](C)(C)C. The van der Waals surface area contributed by atoms with Crippen LogP contribution < -0.4 is 10.1 Å². The number of hydrogen-bond donors (Lipinski definition) is 1. The fourth-order valence-corrected chi connectivity index (χ4v) is 4.35. The molecule has 1 aromatic rings. The molecule has 4 heteroatoms. The summed E-state index contributed by atoms with van der Waals surface area (Å²) in [4.78, 5) is 12.9. The molecule has 4 nitrogen and oxygen atoms in total. The minimum Gasteiger partial charge on any atom is -0.497 e. The Hall–Kier alpha value is -1.55. The standard InChI is InChI=1S/C29H52N2O2/c1-6-7-8-9-10-11-12-13-14-15-16-17-18-19-24-30-29(32)28(31(2,3)4)25-26-20-22-27(33-5)23-21-26/h20-23,28H,6-19,24-25H2,1-5H3/p+1/t28-/m0/s1. The van der Waals surface area contributed by atoms with Gasteiger partial charge in [-0.25, -0.2) is 0 Å². The molecule has 1 amide bonds. The van der Waals surface area contributed by atoms with E-state index in [0.717, 1.165) is 25.1 Å². The van der Waals surface area contributed by atoms with Gasteiger partial charge in [0, 0.05) is 13.0 Å². The molecule has 0 aromatic heterocycles.